The van der Waals surface area contributed by atoms with Crippen LogP contribution in [0.25, 0.3) is 0 Å². The van der Waals surface area contributed by atoms with Gasteiger partial charge in [-0.05, 0) is 25.5 Å². The van der Waals surface area contributed by atoms with E-state index in [2.05, 4.69) is 15.3 Å². The summed E-state index contributed by atoms with van der Waals surface area (Å²) in [5.74, 6) is 0.716. The van der Waals surface area contributed by atoms with Gasteiger partial charge in [-0.15, -0.1) is 0 Å². The number of alkyl halides is 6. The van der Waals surface area contributed by atoms with Crippen molar-refractivity contribution in [1.29, 1.82) is 0 Å². The Hall–Kier alpha value is -2.56. The van der Waals surface area contributed by atoms with Gasteiger partial charge in [-0.3, -0.25) is 9.89 Å². The molecular weight excluding hydrogens is 412 g/mol. The molecule has 162 valence electrons. The standard InChI is InChI=1S/C19H19F6N5/c1-11-3-2-6-30-15-10-13(19(23,24)25)12(18(20,21)22)9-14(15)28-16(17(30)27-11)29-7-4-26-5-8-29/h2,6,9-11,26H,3-5,7-8H2,1H3. The Bertz CT molecular complexity index is 925. The van der Waals surface area contributed by atoms with Gasteiger partial charge in [-0.1, -0.05) is 6.08 Å². The second-order valence-electron chi connectivity index (χ2n) is 7.35. The van der Waals surface area contributed by atoms with Gasteiger partial charge in [0.1, 0.15) is 0 Å². The smallest absolute Gasteiger partial charge is 0.351 e. The minimum absolute atomic E-state index is 0.0710. The van der Waals surface area contributed by atoms with Crippen molar-refractivity contribution in [3.05, 3.63) is 35.5 Å². The van der Waals surface area contributed by atoms with Crippen LogP contribution in [0.15, 0.2) is 34.4 Å². The van der Waals surface area contributed by atoms with Crippen LogP contribution in [0, 0.1) is 0 Å². The fraction of sp³-hybridized carbons (Fsp3) is 0.474. The van der Waals surface area contributed by atoms with Gasteiger partial charge in [-0.25, -0.2) is 4.99 Å². The summed E-state index contributed by atoms with van der Waals surface area (Å²) in [6.07, 6.45) is -6.47. The Labute approximate surface area is 168 Å². The van der Waals surface area contributed by atoms with Gasteiger partial charge < -0.3 is 10.2 Å². The number of hydrogen-bond acceptors (Lipinski definition) is 5. The lowest BCUT2D eigenvalue weighted by atomic mass is 10.0. The third kappa shape index (κ3) is 3.78. The topological polar surface area (TPSA) is 43.2 Å². The first kappa shape index (κ1) is 20.7. The zero-order valence-corrected chi connectivity index (χ0v) is 16.0. The highest BCUT2D eigenvalue weighted by Crippen LogP contribution is 2.47. The molecule has 0 aromatic heterocycles. The quantitative estimate of drug-likeness (QED) is 0.627. The zero-order chi connectivity index (χ0) is 21.7. The third-order valence-corrected chi connectivity index (χ3v) is 5.13. The molecule has 3 aliphatic heterocycles. The summed E-state index contributed by atoms with van der Waals surface area (Å²) in [6, 6.07) is 0.859. The van der Waals surface area contributed by atoms with Crippen LogP contribution >= 0.6 is 0 Å². The van der Waals surface area contributed by atoms with Gasteiger partial charge in [-0.2, -0.15) is 26.3 Å². The van der Waals surface area contributed by atoms with E-state index in [9.17, 15) is 26.3 Å². The summed E-state index contributed by atoms with van der Waals surface area (Å²) in [7, 11) is 0. The van der Waals surface area contributed by atoms with Crippen molar-refractivity contribution in [2.24, 2.45) is 9.98 Å². The van der Waals surface area contributed by atoms with Gasteiger partial charge in [0.25, 0.3) is 0 Å². The van der Waals surface area contributed by atoms with Crippen molar-refractivity contribution in [3.63, 3.8) is 0 Å². The number of nitrogens with one attached hydrogen (secondary N) is 1. The summed E-state index contributed by atoms with van der Waals surface area (Å²) < 4.78 is 80.7. The monoisotopic (exact) mass is 431 g/mol. The van der Waals surface area contributed by atoms with Crippen molar-refractivity contribution < 1.29 is 26.3 Å². The molecular formula is C19H19F6N5. The van der Waals surface area contributed by atoms with E-state index in [0.29, 0.717) is 56.4 Å². The summed E-state index contributed by atoms with van der Waals surface area (Å²) in [5.41, 5.74) is -3.72. The number of rotatable bonds is 0. The highest BCUT2D eigenvalue weighted by molar-refractivity contribution is 6.47. The lowest BCUT2D eigenvalue weighted by Gasteiger charge is -2.37. The van der Waals surface area contributed by atoms with Crippen LogP contribution in [0.5, 0.6) is 0 Å². The normalized spacial score (nSPS) is 22.2. The predicted octanol–water partition coefficient (Wildman–Crippen LogP) is 4.18. The minimum atomic E-state index is -5.16. The molecule has 30 heavy (non-hydrogen) atoms. The SMILES string of the molecule is CC1CC=CN2C(=N1)C(N1CCNCC1)=Nc1cc(C(F)(F)F)c(C(F)(F)F)cc12. The molecule has 0 spiro atoms. The van der Waals surface area contributed by atoms with Gasteiger partial charge in [0.15, 0.2) is 11.7 Å². The van der Waals surface area contributed by atoms with E-state index in [1.165, 1.54) is 4.90 Å². The van der Waals surface area contributed by atoms with Crippen molar-refractivity contribution in [3.8, 4) is 0 Å². The maximum Gasteiger partial charge on any atom is 0.417 e. The zero-order valence-electron chi connectivity index (χ0n) is 16.0. The van der Waals surface area contributed by atoms with Gasteiger partial charge in [0.2, 0.25) is 0 Å². The first-order valence-corrected chi connectivity index (χ1v) is 9.46. The summed E-state index contributed by atoms with van der Waals surface area (Å²) in [5, 5.41) is 3.18. The molecule has 11 heteroatoms. The summed E-state index contributed by atoms with van der Waals surface area (Å²) in [4.78, 5) is 12.3. The number of piperazine rings is 1. The lowest BCUT2D eigenvalue weighted by Crippen LogP contribution is -2.52. The van der Waals surface area contributed by atoms with Crippen LogP contribution in [-0.4, -0.2) is 48.8 Å². The molecule has 1 N–H and O–H groups in total. The number of nitrogens with zero attached hydrogens (tertiary/aromatic N) is 4. The van der Waals surface area contributed by atoms with Crippen LogP contribution in [0.4, 0.5) is 37.7 Å². The van der Waals surface area contributed by atoms with Crippen molar-refractivity contribution in [2.45, 2.75) is 31.7 Å². The summed E-state index contributed by atoms with van der Waals surface area (Å²) in [6.45, 7) is 4.30. The van der Waals surface area contributed by atoms with Crippen LogP contribution in [-0.2, 0) is 12.4 Å². The molecule has 1 atom stereocenters. The molecule has 0 saturated carbocycles. The van der Waals surface area contributed by atoms with E-state index in [0.717, 1.165) is 0 Å². The van der Waals surface area contributed by atoms with E-state index in [4.69, 9.17) is 0 Å². The number of hydrogen-bond donors (Lipinski definition) is 1. The lowest BCUT2D eigenvalue weighted by molar-refractivity contribution is -0.162. The number of fused-ring (bicyclic) bond motifs is 3. The molecule has 1 aromatic carbocycles. The number of halogens is 6. The Morgan fingerprint density at radius 3 is 2.23 bits per heavy atom. The molecule has 3 aliphatic rings. The number of amidine groups is 2. The second-order valence-corrected chi connectivity index (χ2v) is 7.35. The first-order valence-electron chi connectivity index (χ1n) is 9.46. The molecule has 3 heterocycles. The number of anilines is 1. The largest absolute Gasteiger partial charge is 0.417 e. The Morgan fingerprint density at radius 2 is 1.60 bits per heavy atom. The first-order chi connectivity index (χ1) is 14.1. The van der Waals surface area contributed by atoms with E-state index in [-0.39, 0.29) is 17.4 Å². The molecule has 4 rings (SSSR count). The fourth-order valence-electron chi connectivity index (χ4n) is 3.70. The fourth-order valence-corrected chi connectivity index (χ4v) is 3.70. The molecule has 0 radical (unpaired) electrons. The van der Waals surface area contributed by atoms with Crippen molar-refractivity contribution >= 4 is 23.0 Å². The Balaban J connectivity index is 1.95. The molecule has 5 nitrogen and oxygen atoms in total. The molecule has 0 amide bonds. The van der Waals surface area contributed by atoms with Crippen molar-refractivity contribution in [2.75, 3.05) is 31.1 Å². The van der Waals surface area contributed by atoms with Crippen LogP contribution in [0.1, 0.15) is 24.5 Å². The highest BCUT2D eigenvalue weighted by Gasteiger charge is 2.45. The van der Waals surface area contributed by atoms with Crippen LogP contribution in [0.3, 0.4) is 0 Å². The van der Waals surface area contributed by atoms with E-state index in [1.54, 1.807) is 12.3 Å². The Kier molecular flexibility index (Phi) is 5.03. The van der Waals surface area contributed by atoms with Gasteiger partial charge in [0, 0.05) is 32.4 Å². The van der Waals surface area contributed by atoms with Crippen LogP contribution in [0.2, 0.25) is 0 Å². The summed E-state index contributed by atoms with van der Waals surface area (Å²) >= 11 is 0. The van der Waals surface area contributed by atoms with Gasteiger partial charge in [0.05, 0.1) is 28.5 Å². The number of benzene rings is 1. The number of aliphatic imine (C=N–C) groups is 2. The molecule has 1 unspecified atom stereocenters. The predicted molar refractivity (Wildman–Crippen MR) is 101 cm³/mol. The van der Waals surface area contributed by atoms with E-state index < -0.39 is 23.5 Å². The van der Waals surface area contributed by atoms with Crippen LogP contribution < -0.4 is 10.2 Å². The van der Waals surface area contributed by atoms with Crippen molar-refractivity contribution in [1.82, 2.24) is 10.2 Å². The molecule has 0 aliphatic carbocycles. The maximum absolute atomic E-state index is 13.5. The molecule has 0 bridgehead atoms. The molecule has 1 aromatic rings. The third-order valence-electron chi connectivity index (χ3n) is 5.13. The molecule has 1 fully saturated rings. The van der Waals surface area contributed by atoms with E-state index >= 15 is 0 Å². The minimum Gasteiger partial charge on any atom is -0.351 e. The highest BCUT2D eigenvalue weighted by atomic mass is 19.4. The van der Waals surface area contributed by atoms with Gasteiger partial charge >= 0.3 is 12.4 Å². The maximum atomic E-state index is 13.5. The Morgan fingerprint density at radius 1 is 0.967 bits per heavy atom. The average molecular weight is 431 g/mol. The van der Waals surface area contributed by atoms with E-state index in [1.807, 2.05) is 11.8 Å². The average Bonchev–Trinajstić information content (AvgIpc) is 2.87. The molecule has 1 saturated heterocycles. The second kappa shape index (κ2) is 7.29.